The van der Waals surface area contributed by atoms with Gasteiger partial charge in [0, 0.05) is 18.7 Å². The van der Waals surface area contributed by atoms with Crippen molar-refractivity contribution in [2.75, 3.05) is 7.11 Å². The number of ether oxygens (including phenoxy) is 1. The Labute approximate surface area is 112 Å². The maximum Gasteiger partial charge on any atom is 0.416 e. The second-order valence-corrected chi connectivity index (χ2v) is 4.04. The maximum atomic E-state index is 13.2. The third-order valence-corrected chi connectivity index (χ3v) is 2.54. The molecule has 0 saturated heterocycles. The van der Waals surface area contributed by atoms with Crippen molar-refractivity contribution in [3.63, 3.8) is 0 Å². The summed E-state index contributed by atoms with van der Waals surface area (Å²) in [4.78, 5) is 7.88. The highest BCUT2D eigenvalue weighted by molar-refractivity contribution is 5.29. The molecule has 106 valence electrons. The van der Waals surface area contributed by atoms with E-state index in [0.29, 0.717) is 11.9 Å². The van der Waals surface area contributed by atoms with Gasteiger partial charge in [0.05, 0.1) is 12.7 Å². The van der Waals surface area contributed by atoms with Gasteiger partial charge in [-0.15, -0.1) is 0 Å². The number of hydrogen-bond acceptors (Lipinski definition) is 3. The lowest BCUT2D eigenvalue weighted by Gasteiger charge is -2.09. The Balaban J connectivity index is 2.31. The van der Waals surface area contributed by atoms with Crippen molar-refractivity contribution < 1.29 is 22.3 Å². The van der Waals surface area contributed by atoms with Crippen LogP contribution >= 0.6 is 0 Å². The monoisotopic (exact) mass is 286 g/mol. The van der Waals surface area contributed by atoms with E-state index < -0.39 is 17.6 Å². The first-order valence-electron chi connectivity index (χ1n) is 5.61. The van der Waals surface area contributed by atoms with Gasteiger partial charge >= 0.3 is 6.18 Å². The number of aromatic nitrogens is 2. The lowest BCUT2D eigenvalue weighted by atomic mass is 10.1. The molecule has 0 saturated carbocycles. The van der Waals surface area contributed by atoms with Crippen LogP contribution in [0.25, 0.3) is 0 Å². The van der Waals surface area contributed by atoms with Gasteiger partial charge in [0.1, 0.15) is 11.6 Å². The largest absolute Gasteiger partial charge is 0.481 e. The van der Waals surface area contributed by atoms with Crippen LogP contribution in [0.3, 0.4) is 0 Å². The van der Waals surface area contributed by atoms with Gasteiger partial charge in [0.25, 0.3) is 0 Å². The van der Waals surface area contributed by atoms with E-state index in [1.54, 1.807) is 0 Å². The van der Waals surface area contributed by atoms with Crippen LogP contribution in [0.1, 0.15) is 17.0 Å². The van der Waals surface area contributed by atoms with E-state index in [4.69, 9.17) is 4.74 Å². The lowest BCUT2D eigenvalue weighted by molar-refractivity contribution is -0.137. The topological polar surface area (TPSA) is 35.0 Å². The summed E-state index contributed by atoms with van der Waals surface area (Å²) in [5, 5.41) is 0. The minimum absolute atomic E-state index is 0.0158. The molecular formula is C13H10F4N2O. The number of rotatable bonds is 3. The zero-order chi connectivity index (χ0) is 14.8. The molecular weight excluding hydrogens is 276 g/mol. The first-order valence-corrected chi connectivity index (χ1v) is 5.61. The standard InChI is InChI=1S/C13H10F4N2O/c1-20-12-2-3-18-11(19-12)6-8-4-9(13(15,16)17)7-10(14)5-8/h2-5,7H,6H2,1H3. The fourth-order valence-corrected chi connectivity index (χ4v) is 1.68. The molecule has 7 heteroatoms. The summed E-state index contributed by atoms with van der Waals surface area (Å²) in [6.45, 7) is 0. The highest BCUT2D eigenvalue weighted by Gasteiger charge is 2.31. The lowest BCUT2D eigenvalue weighted by Crippen LogP contribution is -2.07. The maximum absolute atomic E-state index is 13.2. The highest BCUT2D eigenvalue weighted by Crippen LogP contribution is 2.30. The van der Waals surface area contributed by atoms with Crippen LogP contribution in [0.15, 0.2) is 30.5 Å². The number of nitrogens with zero attached hydrogens (tertiary/aromatic N) is 2. The van der Waals surface area contributed by atoms with E-state index in [-0.39, 0.29) is 17.8 Å². The van der Waals surface area contributed by atoms with E-state index in [9.17, 15) is 17.6 Å². The molecule has 0 fully saturated rings. The summed E-state index contributed by atoms with van der Waals surface area (Å²) < 4.78 is 55.9. The van der Waals surface area contributed by atoms with Gasteiger partial charge in [-0.3, -0.25) is 0 Å². The van der Waals surface area contributed by atoms with Crippen molar-refractivity contribution in [2.45, 2.75) is 12.6 Å². The molecule has 0 atom stereocenters. The number of benzene rings is 1. The summed E-state index contributed by atoms with van der Waals surface area (Å²) in [5.74, 6) is -0.400. The predicted molar refractivity (Wildman–Crippen MR) is 62.8 cm³/mol. The van der Waals surface area contributed by atoms with E-state index in [0.717, 1.165) is 12.1 Å². The summed E-state index contributed by atoms with van der Waals surface area (Å²) in [5.41, 5.74) is -0.888. The molecule has 0 unspecified atom stereocenters. The third-order valence-electron chi connectivity index (χ3n) is 2.54. The molecule has 20 heavy (non-hydrogen) atoms. The molecule has 3 nitrogen and oxygen atoms in total. The van der Waals surface area contributed by atoms with Crippen molar-refractivity contribution in [3.8, 4) is 5.88 Å². The van der Waals surface area contributed by atoms with Crippen LogP contribution in [0, 0.1) is 5.82 Å². The molecule has 0 amide bonds. The molecule has 0 spiro atoms. The number of halogens is 4. The number of alkyl halides is 3. The van der Waals surface area contributed by atoms with Crippen LogP contribution in [0.5, 0.6) is 5.88 Å². The fourth-order valence-electron chi connectivity index (χ4n) is 1.68. The van der Waals surface area contributed by atoms with Crippen molar-refractivity contribution in [3.05, 3.63) is 53.2 Å². The first-order chi connectivity index (χ1) is 9.38. The zero-order valence-electron chi connectivity index (χ0n) is 10.4. The Morgan fingerprint density at radius 3 is 2.60 bits per heavy atom. The van der Waals surface area contributed by atoms with E-state index in [1.165, 1.54) is 19.4 Å². The molecule has 0 N–H and O–H groups in total. The summed E-state index contributed by atoms with van der Waals surface area (Å²) >= 11 is 0. The average molecular weight is 286 g/mol. The van der Waals surface area contributed by atoms with Crippen LogP contribution in [-0.4, -0.2) is 17.1 Å². The number of hydrogen-bond donors (Lipinski definition) is 0. The van der Waals surface area contributed by atoms with Gasteiger partial charge in [-0.2, -0.15) is 18.2 Å². The Kier molecular flexibility index (Phi) is 3.87. The van der Waals surface area contributed by atoms with Gasteiger partial charge in [0.2, 0.25) is 5.88 Å². The van der Waals surface area contributed by atoms with Crippen molar-refractivity contribution >= 4 is 0 Å². The molecule has 1 aromatic carbocycles. The molecule has 2 rings (SSSR count). The molecule has 1 heterocycles. The summed E-state index contributed by atoms with van der Waals surface area (Å²) in [6.07, 6.45) is -3.19. The van der Waals surface area contributed by atoms with Crippen LogP contribution < -0.4 is 4.74 Å². The molecule has 1 aromatic heterocycles. The van der Waals surface area contributed by atoms with Gasteiger partial charge in [0.15, 0.2) is 0 Å². The third kappa shape index (κ3) is 3.43. The summed E-state index contributed by atoms with van der Waals surface area (Å²) in [7, 11) is 1.41. The number of methoxy groups -OCH3 is 1. The Bertz CT molecular complexity index is 614. The van der Waals surface area contributed by atoms with Crippen molar-refractivity contribution in [2.24, 2.45) is 0 Å². The normalized spacial score (nSPS) is 11.4. The van der Waals surface area contributed by atoms with E-state index in [1.807, 2.05) is 0 Å². The molecule has 2 aromatic rings. The minimum atomic E-state index is -4.59. The SMILES string of the molecule is COc1ccnc(Cc2cc(F)cc(C(F)(F)F)c2)n1. The van der Waals surface area contributed by atoms with Crippen LogP contribution in [-0.2, 0) is 12.6 Å². The van der Waals surface area contributed by atoms with Gasteiger partial charge in [-0.05, 0) is 23.8 Å². The van der Waals surface area contributed by atoms with Crippen LogP contribution in [0.2, 0.25) is 0 Å². The zero-order valence-corrected chi connectivity index (χ0v) is 10.4. The molecule has 0 radical (unpaired) electrons. The quantitative estimate of drug-likeness (QED) is 0.812. The smallest absolute Gasteiger partial charge is 0.416 e. The van der Waals surface area contributed by atoms with Gasteiger partial charge < -0.3 is 4.74 Å². The van der Waals surface area contributed by atoms with E-state index in [2.05, 4.69) is 9.97 Å². The second-order valence-electron chi connectivity index (χ2n) is 4.04. The van der Waals surface area contributed by atoms with Crippen LogP contribution in [0.4, 0.5) is 17.6 Å². The Hall–Kier alpha value is -2.18. The highest BCUT2D eigenvalue weighted by atomic mass is 19.4. The fraction of sp³-hybridized carbons (Fsp3) is 0.231. The molecule has 0 aliphatic heterocycles. The van der Waals surface area contributed by atoms with Crippen molar-refractivity contribution in [1.29, 1.82) is 0 Å². The molecule has 0 aliphatic rings. The molecule has 0 aliphatic carbocycles. The summed E-state index contributed by atoms with van der Waals surface area (Å²) in [6, 6.07) is 3.87. The molecule has 0 bridgehead atoms. The first kappa shape index (κ1) is 14.2. The van der Waals surface area contributed by atoms with Gasteiger partial charge in [-0.1, -0.05) is 0 Å². The van der Waals surface area contributed by atoms with Crippen molar-refractivity contribution in [1.82, 2.24) is 9.97 Å². The Morgan fingerprint density at radius 1 is 1.20 bits per heavy atom. The second kappa shape index (κ2) is 5.44. The Morgan fingerprint density at radius 2 is 1.95 bits per heavy atom. The predicted octanol–water partition coefficient (Wildman–Crippen LogP) is 3.23. The van der Waals surface area contributed by atoms with Gasteiger partial charge in [-0.25, -0.2) is 9.37 Å². The minimum Gasteiger partial charge on any atom is -0.481 e. The van der Waals surface area contributed by atoms with E-state index >= 15 is 0 Å². The average Bonchev–Trinajstić information content (AvgIpc) is 2.37.